The second-order valence-corrected chi connectivity index (χ2v) is 11.8. The third kappa shape index (κ3) is 5.40. The zero-order valence-corrected chi connectivity index (χ0v) is 26.7. The van der Waals surface area contributed by atoms with Crippen LogP contribution in [0.15, 0.2) is 47.3 Å². The molecule has 9 nitrogen and oxygen atoms in total. The lowest BCUT2D eigenvalue weighted by atomic mass is 10.1. The Hall–Kier alpha value is -4.53. The van der Waals surface area contributed by atoms with Gasteiger partial charge in [-0.15, -0.1) is 0 Å². The average molecular weight is 579 g/mol. The Kier molecular flexibility index (Phi) is 8.10. The van der Waals surface area contributed by atoms with Crippen LogP contribution in [0.1, 0.15) is 76.0 Å². The number of pyridine rings is 1. The van der Waals surface area contributed by atoms with Gasteiger partial charge in [0.1, 0.15) is 23.1 Å². The Labute approximate surface area is 252 Å². The van der Waals surface area contributed by atoms with Crippen molar-refractivity contribution in [1.29, 1.82) is 0 Å². The summed E-state index contributed by atoms with van der Waals surface area (Å²) in [6.07, 6.45) is 2.11. The number of hydrogen-bond acceptors (Lipinski definition) is 6. The van der Waals surface area contributed by atoms with Gasteiger partial charge in [-0.05, 0) is 84.7 Å². The van der Waals surface area contributed by atoms with Crippen LogP contribution in [0.5, 0.6) is 0 Å². The van der Waals surface area contributed by atoms with Crippen LogP contribution in [0.4, 0.5) is 5.69 Å². The summed E-state index contributed by atoms with van der Waals surface area (Å²) in [5.41, 5.74) is 14.5. The fraction of sp³-hybridized carbons (Fsp3) is 0.382. The molecule has 0 saturated carbocycles. The summed E-state index contributed by atoms with van der Waals surface area (Å²) < 4.78 is 6.21. The first-order chi connectivity index (χ1) is 20.4. The van der Waals surface area contributed by atoms with Gasteiger partial charge in [-0.3, -0.25) is 9.36 Å². The van der Waals surface area contributed by atoms with E-state index in [4.69, 9.17) is 15.7 Å². The van der Waals surface area contributed by atoms with Crippen LogP contribution in [0.2, 0.25) is 0 Å². The van der Waals surface area contributed by atoms with Gasteiger partial charge in [0.25, 0.3) is 5.56 Å². The van der Waals surface area contributed by atoms with Gasteiger partial charge in [0.2, 0.25) is 0 Å². The number of anilines is 1. The van der Waals surface area contributed by atoms with Crippen LogP contribution in [0.3, 0.4) is 0 Å². The van der Waals surface area contributed by atoms with E-state index in [1.54, 1.807) is 4.57 Å². The zero-order chi connectivity index (χ0) is 31.2. The lowest BCUT2D eigenvalue weighted by Gasteiger charge is -2.15. The molecule has 224 valence electrons. The Morgan fingerprint density at radius 2 is 1.56 bits per heavy atom. The number of benzene rings is 2. The summed E-state index contributed by atoms with van der Waals surface area (Å²) in [5, 5.41) is 0.768. The lowest BCUT2D eigenvalue weighted by molar-refractivity contribution is 0.580. The lowest BCUT2D eigenvalue weighted by Crippen LogP contribution is -2.23. The standard InChI is InChI=1S/C22H26N4.C12H16N4O/c1-6-9-20-24-21-15(4)12-16(13-19(21)26(20)14(2)3)22-23-17-10-7-8-11-18(17)25(22)5;1-6(2)16-10(17)5-9(13)11-7(3)14-8(4)15-12(11)16/h7-8,10-14H,6,9H2,1-5H3;5-6H,13H2,1-4H3. The average Bonchev–Trinajstić information content (AvgIpc) is 3.46. The predicted molar refractivity (Wildman–Crippen MR) is 177 cm³/mol. The van der Waals surface area contributed by atoms with Gasteiger partial charge in [0.05, 0.1) is 33.1 Å². The molecule has 0 bridgehead atoms. The van der Waals surface area contributed by atoms with Crippen molar-refractivity contribution in [3.05, 3.63) is 75.7 Å². The third-order valence-electron chi connectivity index (χ3n) is 7.83. The summed E-state index contributed by atoms with van der Waals surface area (Å²) in [5.74, 6) is 2.84. The maximum Gasteiger partial charge on any atom is 0.254 e. The van der Waals surface area contributed by atoms with E-state index in [2.05, 4.69) is 84.2 Å². The van der Waals surface area contributed by atoms with Gasteiger partial charge in [0.15, 0.2) is 0 Å². The number of fused-ring (bicyclic) bond motifs is 3. The molecule has 0 unspecified atom stereocenters. The second kappa shape index (κ2) is 11.6. The number of hydrogen-bond donors (Lipinski definition) is 1. The maximum absolute atomic E-state index is 11.9. The maximum atomic E-state index is 11.9. The van der Waals surface area contributed by atoms with Gasteiger partial charge in [-0.1, -0.05) is 19.1 Å². The van der Waals surface area contributed by atoms with E-state index in [0.717, 1.165) is 51.9 Å². The fourth-order valence-electron chi connectivity index (χ4n) is 6.01. The number of nitrogen functional groups attached to an aromatic ring is 1. The Balaban J connectivity index is 0.000000188. The van der Waals surface area contributed by atoms with E-state index in [-0.39, 0.29) is 11.6 Å². The minimum atomic E-state index is -0.123. The van der Waals surface area contributed by atoms with E-state index in [9.17, 15) is 4.79 Å². The summed E-state index contributed by atoms with van der Waals surface area (Å²) in [6, 6.07) is 14.6. The Morgan fingerprint density at radius 3 is 2.21 bits per heavy atom. The number of nitrogens with zero attached hydrogens (tertiary/aromatic N) is 7. The third-order valence-corrected chi connectivity index (χ3v) is 7.83. The van der Waals surface area contributed by atoms with Crippen molar-refractivity contribution < 1.29 is 0 Å². The minimum Gasteiger partial charge on any atom is -0.398 e. The first kappa shape index (κ1) is 29.9. The van der Waals surface area contributed by atoms with Gasteiger partial charge in [-0.25, -0.2) is 19.9 Å². The predicted octanol–water partition coefficient (Wildman–Crippen LogP) is 7.00. The summed E-state index contributed by atoms with van der Waals surface area (Å²) >= 11 is 0. The highest BCUT2D eigenvalue weighted by Gasteiger charge is 2.18. The molecule has 6 aromatic rings. The molecule has 0 fully saturated rings. The molecular weight excluding hydrogens is 536 g/mol. The summed E-state index contributed by atoms with van der Waals surface area (Å²) in [6.45, 7) is 16.4. The molecule has 0 atom stereocenters. The molecule has 0 spiro atoms. The van der Waals surface area contributed by atoms with E-state index >= 15 is 0 Å². The van der Waals surface area contributed by atoms with Crippen LogP contribution in [0, 0.1) is 20.8 Å². The smallest absolute Gasteiger partial charge is 0.254 e. The van der Waals surface area contributed by atoms with E-state index in [0.29, 0.717) is 23.2 Å². The molecule has 4 heterocycles. The van der Waals surface area contributed by atoms with Gasteiger partial charge in [-0.2, -0.15) is 0 Å². The molecule has 0 aliphatic heterocycles. The molecule has 0 radical (unpaired) electrons. The minimum absolute atomic E-state index is 0.0410. The molecule has 0 amide bonds. The molecule has 43 heavy (non-hydrogen) atoms. The highest BCUT2D eigenvalue weighted by Crippen LogP contribution is 2.31. The van der Waals surface area contributed by atoms with Gasteiger partial charge < -0.3 is 14.9 Å². The summed E-state index contributed by atoms with van der Waals surface area (Å²) in [4.78, 5) is 30.4. The molecular formula is C34H42N8O. The number of aromatic nitrogens is 7. The molecule has 2 aromatic carbocycles. The Bertz CT molecular complexity index is 2030. The SMILES string of the molecule is CCCc1nc2c(C)cc(-c3nc4ccccc4n3C)cc2n1C(C)C.Cc1nc(C)c2c(N)cc(=O)n(C(C)C)c2n1. The van der Waals surface area contributed by atoms with Crippen molar-refractivity contribution >= 4 is 38.8 Å². The molecule has 2 N–H and O–H groups in total. The number of aryl methyl sites for hydroxylation is 5. The highest BCUT2D eigenvalue weighted by molar-refractivity contribution is 5.90. The first-order valence-corrected chi connectivity index (χ1v) is 15.0. The summed E-state index contributed by atoms with van der Waals surface area (Å²) in [7, 11) is 2.09. The molecule has 6 rings (SSSR count). The fourth-order valence-corrected chi connectivity index (χ4v) is 6.01. The van der Waals surface area contributed by atoms with E-state index < -0.39 is 0 Å². The van der Waals surface area contributed by atoms with Crippen LogP contribution in [0.25, 0.3) is 44.5 Å². The van der Waals surface area contributed by atoms with Gasteiger partial charge in [0, 0.05) is 42.9 Å². The number of nitrogens with two attached hydrogens (primary N) is 1. The van der Waals surface area contributed by atoms with Gasteiger partial charge >= 0.3 is 0 Å². The first-order valence-electron chi connectivity index (χ1n) is 15.0. The highest BCUT2D eigenvalue weighted by atomic mass is 16.1. The zero-order valence-electron chi connectivity index (χ0n) is 26.7. The van der Waals surface area contributed by atoms with Crippen molar-refractivity contribution in [1.82, 2.24) is 33.6 Å². The quantitative estimate of drug-likeness (QED) is 0.236. The van der Waals surface area contributed by atoms with Crippen LogP contribution < -0.4 is 11.3 Å². The van der Waals surface area contributed by atoms with E-state index in [1.165, 1.54) is 23.0 Å². The van der Waals surface area contributed by atoms with Crippen molar-refractivity contribution in [2.24, 2.45) is 7.05 Å². The van der Waals surface area contributed by atoms with Crippen molar-refractivity contribution in [3.63, 3.8) is 0 Å². The number of para-hydroxylation sites is 2. The number of rotatable bonds is 5. The molecule has 0 saturated heterocycles. The van der Waals surface area contributed by atoms with Crippen LogP contribution in [-0.2, 0) is 13.5 Å². The topological polar surface area (TPSA) is 109 Å². The van der Waals surface area contributed by atoms with Crippen LogP contribution >= 0.6 is 0 Å². The Morgan fingerprint density at radius 1 is 0.860 bits per heavy atom. The van der Waals surface area contributed by atoms with Crippen molar-refractivity contribution in [2.45, 2.75) is 80.3 Å². The van der Waals surface area contributed by atoms with Crippen molar-refractivity contribution in [3.8, 4) is 11.4 Å². The molecule has 9 heteroatoms. The van der Waals surface area contributed by atoms with E-state index in [1.807, 2.05) is 33.8 Å². The monoisotopic (exact) mass is 578 g/mol. The number of imidazole rings is 2. The second-order valence-electron chi connectivity index (χ2n) is 11.8. The molecule has 0 aliphatic carbocycles. The molecule has 4 aromatic heterocycles. The van der Waals surface area contributed by atoms with Crippen LogP contribution in [-0.4, -0.2) is 33.6 Å². The largest absolute Gasteiger partial charge is 0.398 e. The van der Waals surface area contributed by atoms with Crippen molar-refractivity contribution in [2.75, 3.05) is 5.73 Å². The molecule has 0 aliphatic rings. The normalized spacial score (nSPS) is 11.7.